The summed E-state index contributed by atoms with van der Waals surface area (Å²) in [5, 5.41) is 3.49. The Hall–Kier alpha value is -1.88. The Kier molecular flexibility index (Phi) is 3.81. The van der Waals surface area contributed by atoms with Crippen molar-refractivity contribution in [1.29, 1.82) is 0 Å². The number of hydrogen-bond donors (Lipinski definition) is 1. The lowest BCUT2D eigenvalue weighted by Gasteiger charge is -2.36. The van der Waals surface area contributed by atoms with Crippen molar-refractivity contribution in [1.82, 2.24) is 10.3 Å². The average Bonchev–Trinajstić information content (AvgIpc) is 3.25. The first kappa shape index (κ1) is 14.7. The molecule has 1 aromatic carbocycles. The van der Waals surface area contributed by atoms with Crippen LogP contribution in [0.2, 0.25) is 0 Å². The average molecular weight is 316 g/mol. The SMILES string of the molecule is COc1ccc(C2CC(NCc3cnc(C4CC4)o3)C2)cc1F. The zero-order valence-electron chi connectivity index (χ0n) is 13.2. The first-order valence-electron chi connectivity index (χ1n) is 8.24. The zero-order chi connectivity index (χ0) is 15.8. The Morgan fingerprint density at radius 2 is 2.13 bits per heavy atom. The molecule has 0 atom stereocenters. The summed E-state index contributed by atoms with van der Waals surface area (Å²) in [6.07, 6.45) is 6.28. The number of rotatable bonds is 6. The van der Waals surface area contributed by atoms with Gasteiger partial charge < -0.3 is 14.5 Å². The van der Waals surface area contributed by atoms with Gasteiger partial charge in [-0.1, -0.05) is 6.07 Å². The predicted octanol–water partition coefficient (Wildman–Crippen LogP) is 3.74. The summed E-state index contributed by atoms with van der Waals surface area (Å²) in [4.78, 5) is 4.33. The normalized spacial score (nSPS) is 23.6. The molecule has 0 spiro atoms. The molecule has 0 saturated heterocycles. The van der Waals surface area contributed by atoms with Crippen molar-refractivity contribution in [2.24, 2.45) is 0 Å². The summed E-state index contributed by atoms with van der Waals surface area (Å²) in [5.74, 6) is 2.80. The fourth-order valence-corrected chi connectivity index (χ4v) is 3.16. The van der Waals surface area contributed by atoms with Crippen LogP contribution in [0.1, 0.15) is 54.7 Å². The molecule has 0 radical (unpaired) electrons. The van der Waals surface area contributed by atoms with E-state index in [1.807, 2.05) is 12.3 Å². The van der Waals surface area contributed by atoms with E-state index < -0.39 is 0 Å². The number of methoxy groups -OCH3 is 1. The molecule has 4 nitrogen and oxygen atoms in total. The monoisotopic (exact) mass is 316 g/mol. The van der Waals surface area contributed by atoms with Gasteiger partial charge in [-0.05, 0) is 49.3 Å². The summed E-state index contributed by atoms with van der Waals surface area (Å²) in [5.41, 5.74) is 1.05. The molecule has 2 fully saturated rings. The number of nitrogens with zero attached hydrogens (tertiary/aromatic N) is 1. The van der Waals surface area contributed by atoms with Crippen molar-refractivity contribution >= 4 is 0 Å². The largest absolute Gasteiger partial charge is 0.494 e. The topological polar surface area (TPSA) is 47.3 Å². The van der Waals surface area contributed by atoms with Gasteiger partial charge >= 0.3 is 0 Å². The van der Waals surface area contributed by atoms with Gasteiger partial charge in [-0.3, -0.25) is 0 Å². The van der Waals surface area contributed by atoms with Gasteiger partial charge in [0.2, 0.25) is 0 Å². The van der Waals surface area contributed by atoms with Crippen molar-refractivity contribution in [2.45, 2.75) is 50.1 Å². The van der Waals surface area contributed by atoms with E-state index in [4.69, 9.17) is 9.15 Å². The van der Waals surface area contributed by atoms with Crippen LogP contribution in [0.3, 0.4) is 0 Å². The van der Waals surface area contributed by atoms with Crippen molar-refractivity contribution in [3.05, 3.63) is 47.4 Å². The lowest BCUT2D eigenvalue weighted by molar-refractivity contribution is 0.279. The first-order chi connectivity index (χ1) is 11.2. The third-order valence-corrected chi connectivity index (χ3v) is 4.85. The van der Waals surface area contributed by atoms with Gasteiger partial charge in [0.25, 0.3) is 0 Å². The summed E-state index contributed by atoms with van der Waals surface area (Å²) in [6.45, 7) is 0.716. The Morgan fingerprint density at radius 1 is 1.30 bits per heavy atom. The van der Waals surface area contributed by atoms with Gasteiger partial charge in [0.15, 0.2) is 17.5 Å². The molecule has 2 aliphatic rings. The minimum Gasteiger partial charge on any atom is -0.494 e. The van der Waals surface area contributed by atoms with Crippen LogP contribution in [0, 0.1) is 5.82 Å². The molecule has 2 aliphatic carbocycles. The highest BCUT2D eigenvalue weighted by Crippen LogP contribution is 2.40. The van der Waals surface area contributed by atoms with Gasteiger partial charge in [-0.15, -0.1) is 0 Å². The summed E-state index contributed by atoms with van der Waals surface area (Å²) >= 11 is 0. The smallest absolute Gasteiger partial charge is 0.197 e. The van der Waals surface area contributed by atoms with Crippen molar-refractivity contribution in [3.8, 4) is 5.75 Å². The van der Waals surface area contributed by atoms with Crippen molar-refractivity contribution < 1.29 is 13.5 Å². The molecule has 1 N–H and O–H groups in total. The van der Waals surface area contributed by atoms with E-state index in [9.17, 15) is 4.39 Å². The first-order valence-corrected chi connectivity index (χ1v) is 8.24. The fourth-order valence-electron chi connectivity index (χ4n) is 3.16. The van der Waals surface area contributed by atoms with Gasteiger partial charge in [0.05, 0.1) is 19.9 Å². The molecule has 0 unspecified atom stereocenters. The van der Waals surface area contributed by atoms with E-state index in [-0.39, 0.29) is 5.82 Å². The van der Waals surface area contributed by atoms with Crippen LogP contribution in [0.5, 0.6) is 5.75 Å². The maximum absolute atomic E-state index is 13.8. The third kappa shape index (κ3) is 3.11. The van der Waals surface area contributed by atoms with Gasteiger partial charge in [0, 0.05) is 12.0 Å². The molecule has 1 heterocycles. The summed E-state index contributed by atoms with van der Waals surface area (Å²) in [6, 6.07) is 5.72. The Balaban J connectivity index is 1.26. The van der Waals surface area contributed by atoms with Crippen LogP contribution < -0.4 is 10.1 Å². The Morgan fingerprint density at radius 3 is 2.83 bits per heavy atom. The fraction of sp³-hybridized carbons (Fsp3) is 0.500. The standard InChI is InChI=1S/C18H21FN2O2/c1-22-17-5-4-12(8-16(17)19)13-6-14(7-13)20-9-15-10-21-18(23-15)11-2-3-11/h4-5,8,10-11,13-14,20H,2-3,6-7,9H2,1H3. The molecule has 4 rings (SSSR count). The van der Waals surface area contributed by atoms with E-state index in [0.29, 0.717) is 30.2 Å². The van der Waals surface area contributed by atoms with Gasteiger partial charge in [0.1, 0.15) is 5.76 Å². The van der Waals surface area contributed by atoms with Gasteiger partial charge in [-0.2, -0.15) is 0 Å². The predicted molar refractivity (Wildman–Crippen MR) is 84.0 cm³/mol. The van der Waals surface area contributed by atoms with E-state index >= 15 is 0 Å². The second-order valence-corrected chi connectivity index (χ2v) is 6.58. The maximum atomic E-state index is 13.8. The molecule has 122 valence electrons. The van der Waals surface area contributed by atoms with E-state index in [2.05, 4.69) is 10.3 Å². The molecule has 0 aliphatic heterocycles. The molecule has 2 saturated carbocycles. The van der Waals surface area contributed by atoms with Crippen LogP contribution in [0.25, 0.3) is 0 Å². The second kappa shape index (κ2) is 5.96. The van der Waals surface area contributed by atoms with Crippen molar-refractivity contribution in [3.63, 3.8) is 0 Å². The quantitative estimate of drug-likeness (QED) is 0.882. The molecule has 2 aromatic rings. The number of halogens is 1. The summed E-state index contributed by atoms with van der Waals surface area (Å²) in [7, 11) is 1.49. The van der Waals surface area contributed by atoms with Crippen molar-refractivity contribution in [2.75, 3.05) is 7.11 Å². The number of benzene rings is 1. The van der Waals surface area contributed by atoms with Crippen LogP contribution >= 0.6 is 0 Å². The second-order valence-electron chi connectivity index (χ2n) is 6.58. The zero-order valence-corrected chi connectivity index (χ0v) is 13.2. The molecule has 0 bridgehead atoms. The Bertz CT molecular complexity index is 690. The highest BCUT2D eigenvalue weighted by Gasteiger charge is 2.31. The van der Waals surface area contributed by atoms with Crippen LogP contribution in [-0.2, 0) is 6.54 Å². The molecular formula is C18H21FN2O2. The minimum atomic E-state index is -0.282. The van der Waals surface area contributed by atoms with E-state index in [1.54, 1.807) is 12.1 Å². The van der Waals surface area contributed by atoms with E-state index in [1.165, 1.54) is 20.0 Å². The van der Waals surface area contributed by atoms with Crippen LogP contribution in [-0.4, -0.2) is 18.1 Å². The highest BCUT2D eigenvalue weighted by atomic mass is 19.1. The molecule has 5 heteroatoms. The number of hydrogen-bond acceptors (Lipinski definition) is 4. The third-order valence-electron chi connectivity index (χ3n) is 4.85. The molecule has 1 aromatic heterocycles. The Labute approximate surface area is 135 Å². The van der Waals surface area contributed by atoms with Crippen LogP contribution in [0.4, 0.5) is 4.39 Å². The molecular weight excluding hydrogens is 295 g/mol. The lowest BCUT2D eigenvalue weighted by atomic mass is 9.76. The molecule has 23 heavy (non-hydrogen) atoms. The number of nitrogens with one attached hydrogen (secondary N) is 1. The minimum absolute atomic E-state index is 0.282. The van der Waals surface area contributed by atoms with Gasteiger partial charge in [-0.25, -0.2) is 9.37 Å². The maximum Gasteiger partial charge on any atom is 0.197 e. The molecule has 0 amide bonds. The number of ether oxygens (including phenoxy) is 1. The summed E-state index contributed by atoms with van der Waals surface area (Å²) < 4.78 is 24.5. The van der Waals surface area contributed by atoms with E-state index in [0.717, 1.165) is 30.1 Å². The lowest BCUT2D eigenvalue weighted by Crippen LogP contribution is -2.39. The number of oxazole rings is 1. The highest BCUT2D eigenvalue weighted by molar-refractivity contribution is 5.32. The van der Waals surface area contributed by atoms with Crippen LogP contribution in [0.15, 0.2) is 28.8 Å². The number of aromatic nitrogens is 1.